The summed E-state index contributed by atoms with van der Waals surface area (Å²) in [7, 11) is 5.80. The predicted octanol–water partition coefficient (Wildman–Crippen LogP) is 2.99. The van der Waals surface area contributed by atoms with Crippen LogP contribution in [0.3, 0.4) is 0 Å². The number of hydrogen-bond donors (Lipinski definition) is 1. The normalized spacial score (nSPS) is 24.6. The summed E-state index contributed by atoms with van der Waals surface area (Å²) in [5.41, 5.74) is 3.10. The largest absolute Gasteiger partial charge is 0.497 e. The third-order valence-corrected chi connectivity index (χ3v) is 6.28. The van der Waals surface area contributed by atoms with Crippen molar-refractivity contribution < 1.29 is 14.6 Å². The van der Waals surface area contributed by atoms with Crippen molar-refractivity contribution in [3.05, 3.63) is 65.2 Å². The summed E-state index contributed by atoms with van der Waals surface area (Å²) >= 11 is 0. The third kappa shape index (κ3) is 3.78. The van der Waals surface area contributed by atoms with Crippen LogP contribution in [-0.4, -0.2) is 68.5 Å². The second-order valence-corrected chi connectivity index (χ2v) is 8.18. The molecule has 5 nitrogen and oxygen atoms in total. The molecule has 0 aliphatic carbocycles. The molecule has 0 amide bonds. The molecule has 0 bridgehead atoms. The van der Waals surface area contributed by atoms with Crippen molar-refractivity contribution >= 4 is 6.08 Å². The smallest absolute Gasteiger partial charge is 0.127 e. The molecular weight excluding hydrogens is 364 g/mol. The Hall–Kier alpha value is -2.34. The van der Waals surface area contributed by atoms with E-state index in [1.807, 2.05) is 24.3 Å². The van der Waals surface area contributed by atoms with Gasteiger partial charge in [-0.25, -0.2) is 0 Å². The summed E-state index contributed by atoms with van der Waals surface area (Å²) in [6, 6.07) is 16.3. The molecule has 2 heterocycles. The number of rotatable bonds is 5. The highest BCUT2D eigenvalue weighted by atomic mass is 16.5. The molecule has 0 spiro atoms. The van der Waals surface area contributed by atoms with Crippen molar-refractivity contribution in [3.63, 3.8) is 0 Å². The molecule has 2 aliphatic heterocycles. The molecule has 2 aliphatic rings. The van der Waals surface area contributed by atoms with Gasteiger partial charge in [-0.3, -0.25) is 9.80 Å². The van der Waals surface area contributed by atoms with E-state index < -0.39 is 6.10 Å². The van der Waals surface area contributed by atoms with E-state index in [1.54, 1.807) is 7.11 Å². The fourth-order valence-electron chi connectivity index (χ4n) is 4.68. The van der Waals surface area contributed by atoms with Crippen molar-refractivity contribution in [1.82, 2.24) is 9.80 Å². The summed E-state index contributed by atoms with van der Waals surface area (Å²) in [4.78, 5) is 4.51. The Morgan fingerprint density at radius 1 is 1.21 bits per heavy atom. The van der Waals surface area contributed by atoms with E-state index in [-0.39, 0.29) is 5.54 Å². The maximum atomic E-state index is 11.2. The molecule has 0 saturated carbocycles. The Bertz CT molecular complexity index is 881. The zero-order valence-electron chi connectivity index (χ0n) is 17.5. The molecule has 2 aromatic carbocycles. The average molecular weight is 395 g/mol. The summed E-state index contributed by atoms with van der Waals surface area (Å²) in [5.74, 6) is 1.72. The second kappa shape index (κ2) is 8.19. The first-order valence-electron chi connectivity index (χ1n) is 10.2. The number of benzene rings is 2. The Morgan fingerprint density at radius 3 is 2.69 bits per heavy atom. The number of nitrogens with zero attached hydrogens (tertiary/aromatic N) is 2. The first kappa shape index (κ1) is 20.0. The number of likely N-dealkylation sites (N-methyl/N-ethyl adjacent to an activating group) is 1. The van der Waals surface area contributed by atoms with Crippen molar-refractivity contribution in [3.8, 4) is 11.5 Å². The maximum absolute atomic E-state index is 11.2. The van der Waals surface area contributed by atoms with E-state index in [1.165, 1.54) is 11.1 Å². The highest BCUT2D eigenvalue weighted by Crippen LogP contribution is 2.38. The number of aliphatic hydroxyl groups excluding tert-OH is 1. The maximum Gasteiger partial charge on any atom is 0.127 e. The lowest BCUT2D eigenvalue weighted by molar-refractivity contribution is -0.0666. The molecule has 154 valence electrons. The second-order valence-electron chi connectivity index (χ2n) is 8.18. The van der Waals surface area contributed by atoms with Gasteiger partial charge in [0.2, 0.25) is 0 Å². The topological polar surface area (TPSA) is 45.2 Å². The van der Waals surface area contributed by atoms with Gasteiger partial charge >= 0.3 is 0 Å². The summed E-state index contributed by atoms with van der Waals surface area (Å²) in [6.07, 6.45) is 2.61. The number of aliphatic hydroxyl groups is 1. The number of β-amino-alcohol motifs (C(OH)–C–C–N with tert-alkyl or cyclic N) is 1. The van der Waals surface area contributed by atoms with Gasteiger partial charge in [-0.2, -0.15) is 0 Å². The van der Waals surface area contributed by atoms with Crippen molar-refractivity contribution in [2.24, 2.45) is 0 Å². The van der Waals surface area contributed by atoms with E-state index in [4.69, 9.17) is 9.47 Å². The number of likely N-dealkylation sites (tertiary alicyclic amines) is 1. The van der Waals surface area contributed by atoms with Crippen LogP contribution in [0.1, 0.15) is 17.5 Å². The predicted molar refractivity (Wildman–Crippen MR) is 115 cm³/mol. The quantitative estimate of drug-likeness (QED) is 0.845. The minimum Gasteiger partial charge on any atom is -0.497 e. The molecule has 0 unspecified atom stereocenters. The fraction of sp³-hybridized carbons (Fsp3) is 0.417. The molecule has 4 rings (SSSR count). The first-order valence-corrected chi connectivity index (χ1v) is 10.2. The summed E-state index contributed by atoms with van der Waals surface area (Å²) < 4.78 is 11.3. The standard InChI is InChI=1S/C24H30N2O3/c1-25(2)24(20-7-5-4-6-8-20)11-12-26(16-23(24)27)15-18-13-19-14-21(28-3)9-10-22(19)29-17-18/h4-10,13-14,23,27H,11-12,15-17H2,1-3H3/t23-,24+/m1/s1. The van der Waals surface area contributed by atoms with Crippen molar-refractivity contribution in [1.29, 1.82) is 0 Å². The van der Waals surface area contributed by atoms with Gasteiger partial charge in [0.15, 0.2) is 0 Å². The molecule has 2 atom stereocenters. The Labute approximate surface area is 173 Å². The Balaban J connectivity index is 1.50. The van der Waals surface area contributed by atoms with Gasteiger partial charge in [-0.15, -0.1) is 0 Å². The van der Waals surface area contributed by atoms with Crippen LogP contribution in [0, 0.1) is 0 Å². The van der Waals surface area contributed by atoms with Crippen LogP contribution in [0.15, 0.2) is 54.1 Å². The van der Waals surface area contributed by atoms with Gasteiger partial charge in [-0.1, -0.05) is 30.3 Å². The molecule has 0 radical (unpaired) electrons. The van der Waals surface area contributed by atoms with Gasteiger partial charge in [0.05, 0.1) is 18.8 Å². The van der Waals surface area contributed by atoms with Crippen molar-refractivity contribution in [2.75, 3.05) is 47.4 Å². The lowest BCUT2D eigenvalue weighted by Crippen LogP contribution is -2.60. The van der Waals surface area contributed by atoms with E-state index in [2.05, 4.69) is 54.2 Å². The fourth-order valence-corrected chi connectivity index (χ4v) is 4.68. The zero-order chi connectivity index (χ0) is 20.4. The van der Waals surface area contributed by atoms with Crippen LogP contribution in [-0.2, 0) is 5.54 Å². The molecule has 1 saturated heterocycles. The number of piperidine rings is 1. The summed E-state index contributed by atoms with van der Waals surface area (Å²) in [5, 5.41) is 11.2. The molecule has 1 N–H and O–H groups in total. The molecule has 0 aromatic heterocycles. The lowest BCUT2D eigenvalue weighted by Gasteiger charge is -2.50. The number of methoxy groups -OCH3 is 1. The molecule has 1 fully saturated rings. The molecular formula is C24H30N2O3. The van der Waals surface area contributed by atoms with Gasteiger partial charge in [0.1, 0.15) is 18.1 Å². The zero-order valence-corrected chi connectivity index (χ0v) is 17.5. The minimum atomic E-state index is -0.467. The Kier molecular flexibility index (Phi) is 5.63. The van der Waals surface area contributed by atoms with Crippen LogP contribution in [0.4, 0.5) is 0 Å². The van der Waals surface area contributed by atoms with E-state index in [0.29, 0.717) is 13.2 Å². The summed E-state index contributed by atoms with van der Waals surface area (Å²) in [6.45, 7) is 2.94. The van der Waals surface area contributed by atoms with Crippen LogP contribution in [0.25, 0.3) is 6.08 Å². The lowest BCUT2D eigenvalue weighted by atomic mass is 9.77. The first-order chi connectivity index (χ1) is 14.0. The van der Waals surface area contributed by atoms with E-state index in [0.717, 1.165) is 36.6 Å². The number of hydrogen-bond acceptors (Lipinski definition) is 5. The van der Waals surface area contributed by atoms with Gasteiger partial charge < -0.3 is 14.6 Å². The van der Waals surface area contributed by atoms with Crippen LogP contribution < -0.4 is 9.47 Å². The third-order valence-electron chi connectivity index (χ3n) is 6.28. The highest BCUT2D eigenvalue weighted by Gasteiger charge is 2.45. The number of ether oxygens (including phenoxy) is 2. The molecule has 29 heavy (non-hydrogen) atoms. The van der Waals surface area contributed by atoms with Crippen LogP contribution in [0.5, 0.6) is 11.5 Å². The number of fused-ring (bicyclic) bond motifs is 1. The van der Waals surface area contributed by atoms with Gasteiger partial charge in [0.25, 0.3) is 0 Å². The van der Waals surface area contributed by atoms with Crippen molar-refractivity contribution in [2.45, 2.75) is 18.1 Å². The van der Waals surface area contributed by atoms with E-state index in [9.17, 15) is 5.11 Å². The van der Waals surface area contributed by atoms with Crippen LogP contribution in [0.2, 0.25) is 0 Å². The monoisotopic (exact) mass is 394 g/mol. The highest BCUT2D eigenvalue weighted by molar-refractivity contribution is 5.64. The average Bonchev–Trinajstić information content (AvgIpc) is 2.74. The SMILES string of the molecule is COc1ccc2c(c1)C=C(CN1CC[C@@](c3ccccc3)(N(C)C)[C@H](O)C1)CO2. The minimum absolute atomic E-state index is 0.352. The Morgan fingerprint density at radius 2 is 2.00 bits per heavy atom. The van der Waals surface area contributed by atoms with Gasteiger partial charge in [-0.05, 0) is 55.9 Å². The van der Waals surface area contributed by atoms with Gasteiger partial charge in [0, 0.05) is 25.2 Å². The van der Waals surface area contributed by atoms with Crippen LogP contribution >= 0.6 is 0 Å². The van der Waals surface area contributed by atoms with E-state index >= 15 is 0 Å². The molecule has 5 heteroatoms. The molecule has 2 aromatic rings.